The summed E-state index contributed by atoms with van der Waals surface area (Å²) in [5, 5.41) is 6.75. The molecule has 0 unspecified atom stereocenters. The van der Waals surface area contributed by atoms with Crippen LogP contribution in [0.15, 0.2) is 53.7 Å². The van der Waals surface area contributed by atoms with Gasteiger partial charge in [-0.1, -0.05) is 22.8 Å². The highest BCUT2D eigenvalue weighted by atomic mass is 35.5. The molecule has 2 aromatic rings. The second kappa shape index (κ2) is 9.43. The highest BCUT2D eigenvalue weighted by molar-refractivity contribution is 6.30. The Labute approximate surface area is 155 Å². The number of nitrogens with one attached hydrogen (secondary N) is 1. The van der Waals surface area contributed by atoms with E-state index < -0.39 is 5.97 Å². The summed E-state index contributed by atoms with van der Waals surface area (Å²) in [7, 11) is 1.52. The minimum Gasteiger partial charge on any atom is -0.497 e. The molecule has 0 spiro atoms. The number of hydrogen-bond acceptors (Lipinski definition) is 5. The van der Waals surface area contributed by atoms with Crippen LogP contribution in [-0.2, 0) is 9.63 Å². The van der Waals surface area contributed by atoms with Gasteiger partial charge in [0.2, 0.25) is 0 Å². The van der Waals surface area contributed by atoms with Crippen LogP contribution in [-0.4, -0.2) is 31.4 Å². The van der Waals surface area contributed by atoms with Crippen molar-refractivity contribution in [3.8, 4) is 5.75 Å². The van der Waals surface area contributed by atoms with Gasteiger partial charge >= 0.3 is 5.97 Å². The Balaban J connectivity index is 1.78. The van der Waals surface area contributed by atoms with Crippen LogP contribution < -0.4 is 15.8 Å². The second-order valence-corrected chi connectivity index (χ2v) is 5.62. The molecule has 0 saturated carbocycles. The van der Waals surface area contributed by atoms with E-state index in [1.54, 1.807) is 48.5 Å². The minimum atomic E-state index is -0.618. The molecule has 2 rings (SSSR count). The van der Waals surface area contributed by atoms with Crippen molar-refractivity contribution < 1.29 is 19.2 Å². The predicted octanol–water partition coefficient (Wildman–Crippen LogP) is 2.33. The molecule has 2 aromatic carbocycles. The van der Waals surface area contributed by atoms with E-state index in [1.807, 2.05) is 0 Å². The summed E-state index contributed by atoms with van der Waals surface area (Å²) in [5.74, 6) is -0.312. The number of amides is 1. The number of carbonyl (C=O) groups excluding carboxylic acids is 2. The first kappa shape index (κ1) is 19.3. The van der Waals surface area contributed by atoms with Crippen LogP contribution in [0.2, 0.25) is 5.02 Å². The number of benzene rings is 2. The molecular formula is C18H18ClN3O4. The highest BCUT2D eigenvalue weighted by Crippen LogP contribution is 2.12. The summed E-state index contributed by atoms with van der Waals surface area (Å²) in [6.45, 7) is 0.102. The number of hydrogen-bond donors (Lipinski definition) is 2. The number of oxime groups is 1. The van der Waals surface area contributed by atoms with Crippen LogP contribution in [0, 0.1) is 0 Å². The Morgan fingerprint density at radius 3 is 2.58 bits per heavy atom. The van der Waals surface area contributed by atoms with Gasteiger partial charge in [-0.2, -0.15) is 0 Å². The van der Waals surface area contributed by atoms with E-state index in [0.717, 1.165) is 0 Å². The van der Waals surface area contributed by atoms with E-state index in [1.165, 1.54) is 7.11 Å². The zero-order valence-corrected chi connectivity index (χ0v) is 14.8. The molecule has 0 aliphatic carbocycles. The standard InChI is InChI=1S/C18H18ClN3O4/c1-25-15-4-2-3-13(11-15)18(24)21-10-9-16(23)26-22-17(20)12-5-7-14(19)8-6-12/h2-8,11H,9-10H2,1H3,(H2,20,22)(H,21,24). The van der Waals surface area contributed by atoms with Crippen LogP contribution in [0.3, 0.4) is 0 Å². The van der Waals surface area contributed by atoms with Gasteiger partial charge in [-0.3, -0.25) is 4.79 Å². The summed E-state index contributed by atoms with van der Waals surface area (Å²) >= 11 is 5.78. The molecule has 0 aliphatic heterocycles. The van der Waals surface area contributed by atoms with Gasteiger partial charge in [0.25, 0.3) is 5.91 Å². The van der Waals surface area contributed by atoms with Crippen molar-refractivity contribution in [2.75, 3.05) is 13.7 Å². The Morgan fingerprint density at radius 1 is 1.15 bits per heavy atom. The third kappa shape index (κ3) is 5.78. The van der Waals surface area contributed by atoms with E-state index in [4.69, 9.17) is 26.9 Å². The normalized spacial score (nSPS) is 10.9. The molecule has 0 atom stereocenters. The topological polar surface area (TPSA) is 103 Å². The fourth-order valence-electron chi connectivity index (χ4n) is 1.96. The van der Waals surface area contributed by atoms with E-state index in [9.17, 15) is 9.59 Å². The number of carbonyl (C=O) groups is 2. The van der Waals surface area contributed by atoms with E-state index in [2.05, 4.69) is 10.5 Å². The van der Waals surface area contributed by atoms with Crippen molar-refractivity contribution >= 4 is 29.3 Å². The molecule has 136 valence electrons. The van der Waals surface area contributed by atoms with Gasteiger partial charge in [0.15, 0.2) is 5.84 Å². The number of nitrogens with zero attached hydrogens (tertiary/aromatic N) is 1. The highest BCUT2D eigenvalue weighted by Gasteiger charge is 2.09. The zero-order chi connectivity index (χ0) is 18.9. The maximum absolute atomic E-state index is 12.0. The molecule has 0 radical (unpaired) electrons. The van der Waals surface area contributed by atoms with Crippen molar-refractivity contribution in [2.24, 2.45) is 10.9 Å². The van der Waals surface area contributed by atoms with Crippen molar-refractivity contribution in [1.82, 2.24) is 5.32 Å². The third-order valence-electron chi connectivity index (χ3n) is 3.33. The Bertz CT molecular complexity index is 806. The summed E-state index contributed by atoms with van der Waals surface area (Å²) in [4.78, 5) is 28.4. The molecule has 0 heterocycles. The Hall–Kier alpha value is -3.06. The molecule has 0 aliphatic rings. The lowest BCUT2D eigenvalue weighted by Crippen LogP contribution is -2.26. The van der Waals surface area contributed by atoms with Gasteiger partial charge in [-0.15, -0.1) is 0 Å². The van der Waals surface area contributed by atoms with Gasteiger partial charge < -0.3 is 20.6 Å². The molecule has 0 fully saturated rings. The lowest BCUT2D eigenvalue weighted by molar-refractivity contribution is -0.143. The Kier molecular flexibility index (Phi) is 6.99. The molecule has 26 heavy (non-hydrogen) atoms. The molecule has 0 saturated heterocycles. The molecule has 3 N–H and O–H groups in total. The number of methoxy groups -OCH3 is 1. The number of nitrogens with two attached hydrogens (primary N) is 1. The second-order valence-electron chi connectivity index (χ2n) is 5.18. The number of halogens is 1. The average Bonchev–Trinajstić information content (AvgIpc) is 2.66. The van der Waals surface area contributed by atoms with Crippen LogP contribution >= 0.6 is 11.6 Å². The molecular weight excluding hydrogens is 358 g/mol. The molecule has 0 aromatic heterocycles. The fourth-order valence-corrected chi connectivity index (χ4v) is 2.09. The zero-order valence-electron chi connectivity index (χ0n) is 14.1. The lowest BCUT2D eigenvalue weighted by Gasteiger charge is -2.06. The van der Waals surface area contributed by atoms with Crippen LogP contribution in [0.5, 0.6) is 5.75 Å². The van der Waals surface area contributed by atoms with Crippen LogP contribution in [0.25, 0.3) is 0 Å². The molecule has 0 bridgehead atoms. The maximum atomic E-state index is 12.0. The molecule has 7 nitrogen and oxygen atoms in total. The predicted molar refractivity (Wildman–Crippen MR) is 98.2 cm³/mol. The Morgan fingerprint density at radius 2 is 1.88 bits per heavy atom. The van der Waals surface area contributed by atoms with Crippen molar-refractivity contribution in [3.63, 3.8) is 0 Å². The smallest absolute Gasteiger partial charge is 0.336 e. The lowest BCUT2D eigenvalue weighted by atomic mass is 10.2. The summed E-state index contributed by atoms with van der Waals surface area (Å²) in [6, 6.07) is 13.3. The largest absolute Gasteiger partial charge is 0.497 e. The third-order valence-corrected chi connectivity index (χ3v) is 3.58. The quantitative estimate of drug-likeness (QED) is 0.334. The van der Waals surface area contributed by atoms with Gasteiger partial charge in [0, 0.05) is 22.7 Å². The fraction of sp³-hybridized carbons (Fsp3) is 0.167. The molecule has 8 heteroatoms. The first-order valence-electron chi connectivity index (χ1n) is 7.71. The molecule has 1 amide bonds. The van der Waals surface area contributed by atoms with Gasteiger partial charge in [-0.25, -0.2) is 4.79 Å². The van der Waals surface area contributed by atoms with Crippen LogP contribution in [0.1, 0.15) is 22.3 Å². The van der Waals surface area contributed by atoms with E-state index >= 15 is 0 Å². The summed E-state index contributed by atoms with van der Waals surface area (Å²) < 4.78 is 5.06. The SMILES string of the molecule is COc1cccc(C(=O)NCCC(=O)O/N=C(\N)c2ccc(Cl)cc2)c1. The van der Waals surface area contributed by atoms with Gasteiger partial charge in [-0.05, 0) is 42.5 Å². The summed E-state index contributed by atoms with van der Waals surface area (Å²) in [6.07, 6.45) is -0.0485. The maximum Gasteiger partial charge on any atom is 0.336 e. The van der Waals surface area contributed by atoms with Gasteiger partial charge in [0.05, 0.1) is 13.5 Å². The van der Waals surface area contributed by atoms with E-state index in [-0.39, 0.29) is 24.7 Å². The first-order valence-corrected chi connectivity index (χ1v) is 8.09. The number of rotatable bonds is 7. The summed E-state index contributed by atoms with van der Waals surface area (Å²) in [5.41, 5.74) is 6.73. The average molecular weight is 376 g/mol. The number of ether oxygens (including phenoxy) is 1. The van der Waals surface area contributed by atoms with Crippen molar-refractivity contribution in [3.05, 3.63) is 64.7 Å². The van der Waals surface area contributed by atoms with Crippen molar-refractivity contribution in [1.29, 1.82) is 0 Å². The van der Waals surface area contributed by atoms with E-state index in [0.29, 0.717) is 21.9 Å². The van der Waals surface area contributed by atoms with Crippen LogP contribution in [0.4, 0.5) is 0 Å². The minimum absolute atomic E-state index is 0.0485. The number of amidine groups is 1. The first-order chi connectivity index (χ1) is 12.5. The monoisotopic (exact) mass is 375 g/mol. The van der Waals surface area contributed by atoms with Gasteiger partial charge in [0.1, 0.15) is 5.75 Å². The van der Waals surface area contributed by atoms with Crippen molar-refractivity contribution in [2.45, 2.75) is 6.42 Å².